The first-order valence-electron chi connectivity index (χ1n) is 6.70. The minimum Gasteiger partial charge on any atom is -0.496 e. The predicted molar refractivity (Wildman–Crippen MR) is 87.9 cm³/mol. The van der Waals surface area contributed by atoms with Crippen molar-refractivity contribution in [3.63, 3.8) is 0 Å². The molecule has 1 unspecified atom stereocenters. The van der Waals surface area contributed by atoms with Crippen LogP contribution in [0, 0.1) is 5.41 Å². The molecule has 1 aromatic rings. The molecule has 0 radical (unpaired) electrons. The van der Waals surface area contributed by atoms with Gasteiger partial charge in [0.2, 0.25) is 0 Å². The van der Waals surface area contributed by atoms with Gasteiger partial charge in [0.1, 0.15) is 11.6 Å². The van der Waals surface area contributed by atoms with E-state index in [0.717, 1.165) is 6.54 Å². The summed E-state index contributed by atoms with van der Waals surface area (Å²) in [6.45, 7) is 3.11. The number of amidine groups is 1. The molecule has 0 aliphatic carbocycles. The highest BCUT2D eigenvalue weighted by Crippen LogP contribution is 2.21. The van der Waals surface area contributed by atoms with E-state index in [9.17, 15) is 0 Å². The number of nitrogens with one attached hydrogen (secondary N) is 1. The van der Waals surface area contributed by atoms with Crippen LogP contribution in [0.15, 0.2) is 18.2 Å². The third-order valence-electron chi connectivity index (χ3n) is 3.48. The normalized spacial score (nSPS) is 12.4. The molecule has 0 aliphatic heterocycles. The van der Waals surface area contributed by atoms with Crippen LogP contribution in [0.3, 0.4) is 0 Å². The van der Waals surface area contributed by atoms with Crippen molar-refractivity contribution in [3.05, 3.63) is 29.3 Å². The number of thioether (sulfide) groups is 1. The van der Waals surface area contributed by atoms with E-state index >= 15 is 0 Å². The van der Waals surface area contributed by atoms with E-state index in [1.54, 1.807) is 7.11 Å². The Balaban J connectivity index is 2.75. The first kappa shape index (κ1) is 16.9. The zero-order valence-corrected chi connectivity index (χ0v) is 13.6. The molecule has 1 aromatic carbocycles. The minimum absolute atomic E-state index is 0.0371. The monoisotopic (exact) mass is 295 g/mol. The summed E-state index contributed by atoms with van der Waals surface area (Å²) in [4.78, 5) is 2.33. The highest BCUT2D eigenvalue weighted by atomic mass is 32.2. The molecule has 0 fully saturated rings. The Morgan fingerprint density at radius 2 is 2.20 bits per heavy atom. The summed E-state index contributed by atoms with van der Waals surface area (Å²) in [6, 6.07) is 6.38. The van der Waals surface area contributed by atoms with Crippen molar-refractivity contribution in [3.8, 4) is 5.75 Å². The minimum atomic E-state index is 0.0371. The van der Waals surface area contributed by atoms with Crippen LogP contribution >= 0.6 is 11.8 Å². The Labute approximate surface area is 126 Å². The lowest BCUT2D eigenvalue weighted by Crippen LogP contribution is -2.29. The molecule has 0 spiro atoms. The zero-order chi connectivity index (χ0) is 15.1. The molecule has 0 saturated carbocycles. The average Bonchev–Trinajstić information content (AvgIpc) is 2.44. The highest BCUT2D eigenvalue weighted by molar-refractivity contribution is 7.98. The number of ether oxygens (including phenoxy) is 1. The van der Waals surface area contributed by atoms with Crippen molar-refractivity contribution < 1.29 is 4.74 Å². The van der Waals surface area contributed by atoms with Crippen LogP contribution in [-0.4, -0.2) is 42.9 Å². The second-order valence-electron chi connectivity index (χ2n) is 4.99. The van der Waals surface area contributed by atoms with E-state index in [-0.39, 0.29) is 5.84 Å². The topological polar surface area (TPSA) is 62.3 Å². The Kier molecular flexibility index (Phi) is 6.88. The molecule has 3 N–H and O–H groups in total. The molecule has 20 heavy (non-hydrogen) atoms. The van der Waals surface area contributed by atoms with Crippen molar-refractivity contribution in [2.75, 3.05) is 26.2 Å². The van der Waals surface area contributed by atoms with E-state index in [4.69, 9.17) is 15.9 Å². The Hall–Kier alpha value is -1.20. The fourth-order valence-electron chi connectivity index (χ4n) is 2.01. The zero-order valence-electron chi connectivity index (χ0n) is 12.8. The van der Waals surface area contributed by atoms with Crippen molar-refractivity contribution in [1.82, 2.24) is 4.90 Å². The summed E-state index contributed by atoms with van der Waals surface area (Å²) in [7, 11) is 3.74. The first-order chi connectivity index (χ1) is 9.49. The first-order valence-corrected chi connectivity index (χ1v) is 8.09. The number of benzene rings is 1. The molecule has 0 saturated heterocycles. The number of nitrogen functional groups attached to an aromatic ring is 1. The fraction of sp³-hybridized carbons (Fsp3) is 0.533. The summed E-state index contributed by atoms with van der Waals surface area (Å²) < 4.78 is 5.31. The second-order valence-corrected chi connectivity index (χ2v) is 5.98. The van der Waals surface area contributed by atoms with Crippen molar-refractivity contribution in [1.29, 1.82) is 5.41 Å². The van der Waals surface area contributed by atoms with E-state index in [2.05, 4.69) is 25.1 Å². The predicted octanol–water partition coefficient (Wildman–Crippen LogP) is 2.55. The van der Waals surface area contributed by atoms with Crippen LogP contribution in [0.25, 0.3) is 0 Å². The van der Waals surface area contributed by atoms with Gasteiger partial charge in [0.05, 0.1) is 12.7 Å². The molecule has 0 aromatic heterocycles. The number of rotatable bonds is 8. The molecular formula is C15H25N3OS. The van der Waals surface area contributed by atoms with Gasteiger partial charge in [-0.1, -0.05) is 6.07 Å². The summed E-state index contributed by atoms with van der Waals surface area (Å²) in [5, 5.41) is 7.52. The summed E-state index contributed by atoms with van der Waals surface area (Å²) >= 11 is 1.88. The van der Waals surface area contributed by atoms with Gasteiger partial charge in [0.15, 0.2) is 0 Å². The maximum atomic E-state index is 7.52. The smallest absolute Gasteiger partial charge is 0.130 e. The molecular weight excluding hydrogens is 270 g/mol. The van der Waals surface area contributed by atoms with Crippen molar-refractivity contribution in [2.24, 2.45) is 5.73 Å². The third kappa shape index (κ3) is 4.72. The standard InChI is InChI=1S/C15H25N3OS/c1-11(7-8-20-4)18(2)10-12-5-6-13(15(16)17)14(9-12)19-3/h5-6,9,11H,7-8,10H2,1-4H3,(H3,16,17). The van der Waals surface area contributed by atoms with Crippen LogP contribution in [0.4, 0.5) is 0 Å². The van der Waals surface area contributed by atoms with Gasteiger partial charge in [-0.15, -0.1) is 0 Å². The SMILES string of the molecule is COc1cc(CN(C)C(C)CCSC)ccc1C(=N)N. The lowest BCUT2D eigenvalue weighted by Gasteiger charge is -2.25. The van der Waals surface area contributed by atoms with Crippen molar-refractivity contribution >= 4 is 17.6 Å². The van der Waals surface area contributed by atoms with Gasteiger partial charge in [0.25, 0.3) is 0 Å². The van der Waals surface area contributed by atoms with Crippen LogP contribution < -0.4 is 10.5 Å². The van der Waals surface area contributed by atoms with Gasteiger partial charge < -0.3 is 10.5 Å². The molecule has 0 aliphatic rings. The van der Waals surface area contributed by atoms with Gasteiger partial charge in [-0.2, -0.15) is 11.8 Å². The molecule has 0 heterocycles. The van der Waals surface area contributed by atoms with Gasteiger partial charge in [-0.05, 0) is 50.1 Å². The van der Waals surface area contributed by atoms with Gasteiger partial charge >= 0.3 is 0 Å². The van der Waals surface area contributed by atoms with Gasteiger partial charge in [-0.3, -0.25) is 10.3 Å². The van der Waals surface area contributed by atoms with E-state index in [1.807, 2.05) is 30.0 Å². The number of hydrogen-bond donors (Lipinski definition) is 2. The second kappa shape index (κ2) is 8.17. The number of hydrogen-bond acceptors (Lipinski definition) is 4. The molecule has 5 heteroatoms. The summed E-state index contributed by atoms with van der Waals surface area (Å²) in [5.41, 5.74) is 7.35. The Bertz CT molecular complexity index is 451. The maximum Gasteiger partial charge on any atom is 0.130 e. The number of nitrogens with two attached hydrogens (primary N) is 1. The largest absolute Gasteiger partial charge is 0.496 e. The fourth-order valence-corrected chi connectivity index (χ4v) is 2.59. The number of methoxy groups -OCH3 is 1. The molecule has 112 valence electrons. The van der Waals surface area contributed by atoms with Gasteiger partial charge in [-0.25, -0.2) is 0 Å². The van der Waals surface area contributed by atoms with E-state index in [0.29, 0.717) is 17.4 Å². The Morgan fingerprint density at radius 1 is 1.50 bits per heavy atom. The van der Waals surface area contributed by atoms with Crippen LogP contribution in [0.1, 0.15) is 24.5 Å². The molecule has 0 bridgehead atoms. The van der Waals surface area contributed by atoms with Crippen LogP contribution in [0.5, 0.6) is 5.75 Å². The lowest BCUT2D eigenvalue weighted by molar-refractivity contribution is 0.245. The average molecular weight is 295 g/mol. The van der Waals surface area contributed by atoms with E-state index in [1.165, 1.54) is 17.7 Å². The number of nitrogens with zero attached hydrogens (tertiary/aromatic N) is 1. The molecule has 0 amide bonds. The van der Waals surface area contributed by atoms with Crippen molar-refractivity contribution in [2.45, 2.75) is 25.9 Å². The highest BCUT2D eigenvalue weighted by Gasteiger charge is 2.12. The van der Waals surface area contributed by atoms with Crippen LogP contribution in [0.2, 0.25) is 0 Å². The quantitative estimate of drug-likeness (QED) is 0.571. The molecule has 1 atom stereocenters. The molecule has 4 nitrogen and oxygen atoms in total. The van der Waals surface area contributed by atoms with Crippen LogP contribution in [-0.2, 0) is 6.54 Å². The third-order valence-corrected chi connectivity index (χ3v) is 4.12. The maximum absolute atomic E-state index is 7.52. The molecule has 1 rings (SSSR count). The summed E-state index contributed by atoms with van der Waals surface area (Å²) in [6.07, 6.45) is 3.32. The Morgan fingerprint density at radius 3 is 2.75 bits per heavy atom. The van der Waals surface area contributed by atoms with E-state index < -0.39 is 0 Å². The summed E-state index contributed by atoms with van der Waals surface area (Å²) in [5.74, 6) is 1.88. The lowest BCUT2D eigenvalue weighted by atomic mass is 10.1. The van der Waals surface area contributed by atoms with Gasteiger partial charge in [0, 0.05) is 12.6 Å².